The zero-order valence-electron chi connectivity index (χ0n) is 11.5. The summed E-state index contributed by atoms with van der Waals surface area (Å²) in [5.74, 6) is 0.0393. The number of hydrogen-bond donors (Lipinski definition) is 1. The largest absolute Gasteiger partial charge is 0.480 e. The fraction of sp³-hybridized carbons (Fsp3) is 0.500. The van der Waals surface area contributed by atoms with Crippen LogP contribution in [0.15, 0.2) is 22.7 Å². The molecule has 0 aliphatic carbocycles. The second-order valence-corrected chi connectivity index (χ2v) is 5.78. The number of ether oxygens (including phenoxy) is 1. The molecule has 1 saturated heterocycles. The fourth-order valence-corrected chi connectivity index (χ4v) is 2.69. The number of amides is 1. The Morgan fingerprint density at radius 2 is 2.35 bits per heavy atom. The van der Waals surface area contributed by atoms with E-state index in [9.17, 15) is 9.18 Å². The van der Waals surface area contributed by atoms with Crippen molar-refractivity contribution in [2.75, 3.05) is 20.1 Å². The molecule has 1 aliphatic heterocycles. The first-order valence-electron chi connectivity index (χ1n) is 6.58. The number of halogens is 2. The van der Waals surface area contributed by atoms with Gasteiger partial charge in [0.1, 0.15) is 11.6 Å². The van der Waals surface area contributed by atoms with E-state index in [1.165, 1.54) is 18.2 Å². The smallest absolute Gasteiger partial charge is 0.263 e. The predicted molar refractivity (Wildman–Crippen MR) is 78.2 cm³/mol. The van der Waals surface area contributed by atoms with Crippen LogP contribution in [0.3, 0.4) is 0 Å². The van der Waals surface area contributed by atoms with Gasteiger partial charge in [0, 0.05) is 19.6 Å². The maximum absolute atomic E-state index is 13.0. The molecule has 1 N–H and O–H groups in total. The van der Waals surface area contributed by atoms with E-state index < -0.39 is 6.10 Å². The topological polar surface area (TPSA) is 41.6 Å². The third-order valence-corrected chi connectivity index (χ3v) is 4.09. The highest BCUT2D eigenvalue weighted by molar-refractivity contribution is 9.10. The second-order valence-electron chi connectivity index (χ2n) is 4.93. The van der Waals surface area contributed by atoms with Crippen LogP contribution < -0.4 is 10.1 Å². The Hall–Kier alpha value is -1.14. The van der Waals surface area contributed by atoms with Crippen LogP contribution >= 0.6 is 15.9 Å². The van der Waals surface area contributed by atoms with E-state index in [1.54, 1.807) is 18.9 Å². The summed E-state index contributed by atoms with van der Waals surface area (Å²) in [7, 11) is 1.79. The predicted octanol–water partition coefficient (Wildman–Crippen LogP) is 2.18. The molecule has 1 amide bonds. The number of nitrogens with one attached hydrogen (secondary N) is 1. The van der Waals surface area contributed by atoms with Crippen LogP contribution in [0.25, 0.3) is 0 Å². The monoisotopic (exact) mass is 344 g/mol. The fourth-order valence-electron chi connectivity index (χ4n) is 2.25. The molecule has 1 aromatic carbocycles. The van der Waals surface area contributed by atoms with E-state index in [0.29, 0.717) is 10.2 Å². The molecule has 1 heterocycles. The molecule has 0 aromatic heterocycles. The number of nitrogens with zero attached hydrogens (tertiary/aromatic N) is 1. The zero-order chi connectivity index (χ0) is 14.7. The summed E-state index contributed by atoms with van der Waals surface area (Å²) in [6, 6.07) is 4.35. The third-order valence-electron chi connectivity index (χ3n) is 3.48. The molecule has 1 aromatic rings. The van der Waals surface area contributed by atoms with Crippen LogP contribution in [0.4, 0.5) is 4.39 Å². The Morgan fingerprint density at radius 3 is 2.95 bits per heavy atom. The van der Waals surface area contributed by atoms with Crippen LogP contribution in [-0.4, -0.2) is 43.1 Å². The molecule has 0 saturated carbocycles. The Labute approximate surface area is 126 Å². The van der Waals surface area contributed by atoms with Crippen molar-refractivity contribution in [1.82, 2.24) is 10.2 Å². The van der Waals surface area contributed by atoms with E-state index in [4.69, 9.17) is 4.74 Å². The van der Waals surface area contributed by atoms with Gasteiger partial charge in [-0.3, -0.25) is 4.79 Å². The van der Waals surface area contributed by atoms with Crippen LogP contribution in [0.5, 0.6) is 5.75 Å². The summed E-state index contributed by atoms with van der Waals surface area (Å²) >= 11 is 3.23. The number of carbonyl (C=O) groups is 1. The van der Waals surface area contributed by atoms with Crippen LogP contribution in [0, 0.1) is 5.82 Å². The van der Waals surface area contributed by atoms with E-state index in [-0.39, 0.29) is 17.8 Å². The van der Waals surface area contributed by atoms with Gasteiger partial charge < -0.3 is 15.0 Å². The second kappa shape index (κ2) is 6.54. The minimum Gasteiger partial charge on any atom is -0.480 e. The minimum atomic E-state index is -0.609. The summed E-state index contributed by atoms with van der Waals surface area (Å²) in [5.41, 5.74) is 0. The normalized spacial score (nSPS) is 19.7. The Kier molecular flexibility index (Phi) is 4.99. The third kappa shape index (κ3) is 3.49. The van der Waals surface area contributed by atoms with Gasteiger partial charge in [-0.1, -0.05) is 0 Å². The first-order valence-corrected chi connectivity index (χ1v) is 7.37. The molecule has 2 rings (SSSR count). The van der Waals surface area contributed by atoms with Crippen LogP contribution in [0.2, 0.25) is 0 Å². The number of hydrogen-bond acceptors (Lipinski definition) is 3. The average molecular weight is 345 g/mol. The van der Waals surface area contributed by atoms with Crippen molar-refractivity contribution in [3.05, 3.63) is 28.5 Å². The Morgan fingerprint density at radius 1 is 1.60 bits per heavy atom. The van der Waals surface area contributed by atoms with Crippen molar-refractivity contribution in [2.24, 2.45) is 0 Å². The molecule has 2 unspecified atom stereocenters. The molecule has 0 bridgehead atoms. The van der Waals surface area contributed by atoms with Crippen LogP contribution in [-0.2, 0) is 4.79 Å². The van der Waals surface area contributed by atoms with Gasteiger partial charge in [0.25, 0.3) is 5.91 Å². The summed E-state index contributed by atoms with van der Waals surface area (Å²) in [6.45, 7) is 3.45. The van der Waals surface area contributed by atoms with E-state index in [0.717, 1.165) is 19.5 Å². The van der Waals surface area contributed by atoms with Crippen molar-refractivity contribution >= 4 is 21.8 Å². The molecular weight excluding hydrogens is 327 g/mol. The van der Waals surface area contributed by atoms with Crippen molar-refractivity contribution in [3.8, 4) is 5.75 Å². The summed E-state index contributed by atoms with van der Waals surface area (Å²) in [4.78, 5) is 14.0. The van der Waals surface area contributed by atoms with E-state index >= 15 is 0 Å². The number of rotatable bonds is 4. The first-order chi connectivity index (χ1) is 9.49. The molecule has 6 heteroatoms. The van der Waals surface area contributed by atoms with Crippen LogP contribution in [0.1, 0.15) is 13.3 Å². The van der Waals surface area contributed by atoms with Gasteiger partial charge in [0.2, 0.25) is 0 Å². The minimum absolute atomic E-state index is 0.0741. The maximum atomic E-state index is 13.0. The Balaban J connectivity index is 1.99. The van der Waals surface area contributed by atoms with Crippen molar-refractivity contribution in [1.29, 1.82) is 0 Å². The summed E-state index contributed by atoms with van der Waals surface area (Å²) in [5, 5.41) is 3.23. The highest BCUT2D eigenvalue weighted by Gasteiger charge is 2.27. The van der Waals surface area contributed by atoms with Gasteiger partial charge in [-0.05, 0) is 54.0 Å². The van der Waals surface area contributed by atoms with Gasteiger partial charge in [0.15, 0.2) is 6.10 Å². The lowest BCUT2D eigenvalue weighted by Gasteiger charge is -2.27. The lowest BCUT2D eigenvalue weighted by molar-refractivity contribution is -0.138. The molecule has 110 valence electrons. The molecule has 0 radical (unpaired) electrons. The molecular formula is C14H18BrFN2O2. The molecule has 1 fully saturated rings. The number of carbonyl (C=O) groups excluding carboxylic acids is 1. The van der Waals surface area contributed by atoms with Gasteiger partial charge in [-0.25, -0.2) is 4.39 Å². The standard InChI is InChI=1S/C14H18BrFN2O2/c1-9(14(19)18(2)11-5-6-17-8-11)20-13-4-3-10(16)7-12(13)15/h3-4,7,9,11,17H,5-6,8H2,1-2H3. The van der Waals surface area contributed by atoms with Crippen molar-refractivity contribution < 1.29 is 13.9 Å². The average Bonchev–Trinajstić information content (AvgIpc) is 2.94. The number of likely N-dealkylation sites (N-methyl/N-ethyl adjacent to an activating group) is 1. The zero-order valence-corrected chi connectivity index (χ0v) is 13.1. The molecule has 4 nitrogen and oxygen atoms in total. The number of benzene rings is 1. The quantitative estimate of drug-likeness (QED) is 0.910. The molecule has 20 heavy (non-hydrogen) atoms. The van der Waals surface area contributed by atoms with Gasteiger partial charge in [-0.2, -0.15) is 0 Å². The van der Waals surface area contributed by atoms with E-state index in [2.05, 4.69) is 21.2 Å². The lowest BCUT2D eigenvalue weighted by Crippen LogP contribution is -2.44. The van der Waals surface area contributed by atoms with Crippen molar-refractivity contribution in [2.45, 2.75) is 25.5 Å². The maximum Gasteiger partial charge on any atom is 0.263 e. The summed E-state index contributed by atoms with van der Waals surface area (Å²) < 4.78 is 19.1. The molecule has 1 aliphatic rings. The lowest BCUT2D eigenvalue weighted by atomic mass is 10.2. The molecule has 2 atom stereocenters. The SMILES string of the molecule is CC(Oc1ccc(F)cc1Br)C(=O)N(C)C1CCNC1. The highest BCUT2D eigenvalue weighted by Crippen LogP contribution is 2.26. The molecule has 0 spiro atoms. The van der Waals surface area contributed by atoms with Crippen molar-refractivity contribution in [3.63, 3.8) is 0 Å². The van der Waals surface area contributed by atoms with Gasteiger partial charge >= 0.3 is 0 Å². The highest BCUT2D eigenvalue weighted by atomic mass is 79.9. The Bertz CT molecular complexity index is 492. The first kappa shape index (κ1) is 15.3. The van der Waals surface area contributed by atoms with Gasteiger partial charge in [0.05, 0.1) is 4.47 Å². The summed E-state index contributed by atoms with van der Waals surface area (Å²) in [6.07, 6.45) is 0.345. The van der Waals surface area contributed by atoms with E-state index in [1.807, 2.05) is 0 Å². The van der Waals surface area contributed by atoms with Gasteiger partial charge in [-0.15, -0.1) is 0 Å².